The van der Waals surface area contributed by atoms with E-state index in [-0.39, 0.29) is 17.7 Å². The number of aryl methyl sites for hydroxylation is 1. The lowest BCUT2D eigenvalue weighted by Gasteiger charge is -2.39. The molecule has 1 amide bonds. The molecule has 2 aromatic carbocycles. The van der Waals surface area contributed by atoms with E-state index in [9.17, 15) is 4.79 Å². The topological polar surface area (TPSA) is 47.6 Å². The van der Waals surface area contributed by atoms with Crippen LogP contribution in [0.15, 0.2) is 36.4 Å². The molecule has 0 saturated carbocycles. The molecule has 4 nitrogen and oxygen atoms in total. The van der Waals surface area contributed by atoms with Gasteiger partial charge in [-0.25, -0.2) is 0 Å². The number of rotatable bonds is 6. The van der Waals surface area contributed by atoms with E-state index in [2.05, 4.69) is 18.3 Å². The third-order valence-electron chi connectivity index (χ3n) is 5.35. The normalized spacial score (nSPS) is 15.9. The Morgan fingerprint density at radius 1 is 1.14 bits per heavy atom. The first-order valence-corrected chi connectivity index (χ1v) is 10.1. The SMILES string of the molecule is COc1ccc(C)cc1C1(CNC(=O)Cc2ccc(Cl)c(Cl)c2)CCOCC1. The predicted octanol–water partition coefficient (Wildman–Crippen LogP) is 4.72. The molecule has 0 radical (unpaired) electrons. The van der Waals surface area contributed by atoms with E-state index < -0.39 is 0 Å². The quantitative estimate of drug-likeness (QED) is 0.733. The lowest BCUT2D eigenvalue weighted by Crippen LogP contribution is -2.45. The number of halogens is 2. The predicted molar refractivity (Wildman–Crippen MR) is 113 cm³/mol. The summed E-state index contributed by atoms with van der Waals surface area (Å²) in [7, 11) is 1.68. The largest absolute Gasteiger partial charge is 0.496 e. The lowest BCUT2D eigenvalue weighted by molar-refractivity contribution is -0.121. The van der Waals surface area contributed by atoms with Crippen LogP contribution in [-0.2, 0) is 21.4 Å². The van der Waals surface area contributed by atoms with Gasteiger partial charge in [-0.15, -0.1) is 0 Å². The molecule has 6 heteroatoms. The summed E-state index contributed by atoms with van der Waals surface area (Å²) in [6.45, 7) is 3.94. The van der Waals surface area contributed by atoms with Gasteiger partial charge in [-0.05, 0) is 43.5 Å². The van der Waals surface area contributed by atoms with E-state index in [1.165, 1.54) is 5.56 Å². The molecule has 150 valence electrons. The first kappa shape index (κ1) is 21.0. The number of methoxy groups -OCH3 is 1. The van der Waals surface area contributed by atoms with Gasteiger partial charge in [0.25, 0.3) is 0 Å². The zero-order valence-electron chi connectivity index (χ0n) is 16.2. The van der Waals surface area contributed by atoms with Crippen molar-refractivity contribution in [2.75, 3.05) is 26.9 Å². The first-order valence-electron chi connectivity index (χ1n) is 9.37. The van der Waals surface area contributed by atoms with Crippen LogP contribution >= 0.6 is 23.2 Å². The number of benzene rings is 2. The molecule has 1 aliphatic rings. The summed E-state index contributed by atoms with van der Waals surface area (Å²) in [6.07, 6.45) is 1.92. The third-order valence-corrected chi connectivity index (χ3v) is 6.09. The van der Waals surface area contributed by atoms with Crippen LogP contribution in [0.1, 0.15) is 29.5 Å². The van der Waals surface area contributed by atoms with E-state index in [0.29, 0.717) is 29.8 Å². The van der Waals surface area contributed by atoms with Crippen molar-refractivity contribution in [3.05, 3.63) is 63.1 Å². The van der Waals surface area contributed by atoms with E-state index in [4.69, 9.17) is 32.7 Å². The lowest BCUT2D eigenvalue weighted by atomic mass is 9.73. The molecule has 0 unspecified atom stereocenters. The Morgan fingerprint density at radius 2 is 1.89 bits per heavy atom. The Balaban J connectivity index is 1.77. The van der Waals surface area contributed by atoms with Crippen molar-refractivity contribution in [1.82, 2.24) is 5.32 Å². The van der Waals surface area contributed by atoms with Crippen LogP contribution in [-0.4, -0.2) is 32.8 Å². The minimum absolute atomic E-state index is 0.0455. The summed E-state index contributed by atoms with van der Waals surface area (Å²) < 4.78 is 11.2. The van der Waals surface area contributed by atoms with E-state index >= 15 is 0 Å². The van der Waals surface area contributed by atoms with Gasteiger partial charge in [0.1, 0.15) is 5.75 Å². The average molecular weight is 422 g/mol. The molecule has 28 heavy (non-hydrogen) atoms. The zero-order chi connectivity index (χ0) is 20.1. The fourth-order valence-electron chi connectivity index (χ4n) is 3.71. The molecule has 0 aromatic heterocycles. The highest BCUT2D eigenvalue weighted by atomic mass is 35.5. The van der Waals surface area contributed by atoms with Crippen molar-refractivity contribution in [3.63, 3.8) is 0 Å². The number of ether oxygens (including phenoxy) is 2. The van der Waals surface area contributed by atoms with Gasteiger partial charge in [0.2, 0.25) is 5.91 Å². The van der Waals surface area contributed by atoms with Crippen molar-refractivity contribution in [2.45, 2.75) is 31.6 Å². The fourth-order valence-corrected chi connectivity index (χ4v) is 4.03. The minimum atomic E-state index is -0.205. The van der Waals surface area contributed by atoms with E-state index in [1.54, 1.807) is 19.2 Å². The second kappa shape index (κ2) is 9.17. The summed E-state index contributed by atoms with van der Waals surface area (Å²) in [6, 6.07) is 11.5. The highest BCUT2D eigenvalue weighted by Gasteiger charge is 2.37. The summed E-state index contributed by atoms with van der Waals surface area (Å²) in [5.41, 5.74) is 2.93. The molecule has 1 saturated heterocycles. The third kappa shape index (κ3) is 4.80. The van der Waals surface area contributed by atoms with Crippen LogP contribution < -0.4 is 10.1 Å². The van der Waals surface area contributed by atoms with Crippen LogP contribution in [0.2, 0.25) is 10.0 Å². The molecule has 0 atom stereocenters. The van der Waals surface area contributed by atoms with Gasteiger partial charge < -0.3 is 14.8 Å². The minimum Gasteiger partial charge on any atom is -0.496 e. The van der Waals surface area contributed by atoms with Gasteiger partial charge in [-0.1, -0.05) is 47.0 Å². The Bertz CT molecular complexity index is 848. The van der Waals surface area contributed by atoms with Gasteiger partial charge >= 0.3 is 0 Å². The summed E-state index contributed by atoms with van der Waals surface area (Å²) >= 11 is 12.0. The van der Waals surface area contributed by atoms with Gasteiger partial charge in [0.15, 0.2) is 0 Å². The maximum atomic E-state index is 12.6. The maximum Gasteiger partial charge on any atom is 0.224 e. The second-order valence-corrected chi connectivity index (χ2v) is 8.11. The van der Waals surface area contributed by atoms with Gasteiger partial charge in [-0.3, -0.25) is 4.79 Å². The Morgan fingerprint density at radius 3 is 2.57 bits per heavy atom. The number of carbonyl (C=O) groups is 1. The second-order valence-electron chi connectivity index (χ2n) is 7.30. The summed E-state index contributed by atoms with van der Waals surface area (Å²) in [5.74, 6) is 0.808. The molecule has 3 rings (SSSR count). The molecule has 0 aliphatic carbocycles. The van der Waals surface area contributed by atoms with Crippen molar-refractivity contribution in [3.8, 4) is 5.75 Å². The molecular formula is C22H25Cl2NO3. The van der Waals surface area contributed by atoms with Gasteiger partial charge in [0, 0.05) is 30.7 Å². The van der Waals surface area contributed by atoms with Gasteiger partial charge in [0.05, 0.1) is 23.6 Å². The zero-order valence-corrected chi connectivity index (χ0v) is 17.7. The Kier molecular flexibility index (Phi) is 6.86. The Hall–Kier alpha value is -1.75. The van der Waals surface area contributed by atoms with Crippen molar-refractivity contribution in [2.24, 2.45) is 0 Å². The highest BCUT2D eigenvalue weighted by Crippen LogP contribution is 2.40. The summed E-state index contributed by atoms with van der Waals surface area (Å²) in [5, 5.41) is 4.06. The van der Waals surface area contributed by atoms with Crippen LogP contribution in [0.5, 0.6) is 5.75 Å². The Labute approximate surface area is 176 Å². The van der Waals surface area contributed by atoms with E-state index in [1.807, 2.05) is 18.2 Å². The number of nitrogens with one attached hydrogen (secondary N) is 1. The van der Waals surface area contributed by atoms with Crippen LogP contribution in [0, 0.1) is 6.92 Å². The first-order chi connectivity index (χ1) is 13.4. The standard InChI is InChI=1S/C22H25Cl2NO3/c1-15-3-6-20(27-2)17(11-15)22(7-9-28-10-8-22)14-25-21(26)13-16-4-5-18(23)19(24)12-16/h3-6,11-12H,7-10,13-14H2,1-2H3,(H,25,26). The molecule has 1 N–H and O–H groups in total. The molecular weight excluding hydrogens is 397 g/mol. The van der Waals surface area contributed by atoms with Crippen LogP contribution in [0.25, 0.3) is 0 Å². The van der Waals surface area contributed by atoms with Crippen molar-refractivity contribution >= 4 is 29.1 Å². The van der Waals surface area contributed by atoms with Crippen molar-refractivity contribution in [1.29, 1.82) is 0 Å². The molecule has 1 aliphatic heterocycles. The van der Waals surface area contributed by atoms with E-state index in [0.717, 1.165) is 29.7 Å². The maximum absolute atomic E-state index is 12.6. The molecule has 0 spiro atoms. The molecule has 2 aromatic rings. The van der Waals surface area contributed by atoms with Crippen molar-refractivity contribution < 1.29 is 14.3 Å². The molecule has 0 bridgehead atoms. The smallest absolute Gasteiger partial charge is 0.224 e. The monoisotopic (exact) mass is 421 g/mol. The summed E-state index contributed by atoms with van der Waals surface area (Å²) in [4.78, 5) is 12.6. The van der Waals surface area contributed by atoms with Crippen LogP contribution in [0.3, 0.4) is 0 Å². The fraction of sp³-hybridized carbons (Fsp3) is 0.409. The number of hydrogen-bond donors (Lipinski definition) is 1. The number of carbonyl (C=O) groups excluding carboxylic acids is 1. The number of hydrogen-bond acceptors (Lipinski definition) is 3. The molecule has 1 fully saturated rings. The average Bonchev–Trinajstić information content (AvgIpc) is 2.70. The van der Waals surface area contributed by atoms with Crippen LogP contribution in [0.4, 0.5) is 0 Å². The highest BCUT2D eigenvalue weighted by molar-refractivity contribution is 6.42. The van der Waals surface area contributed by atoms with Gasteiger partial charge in [-0.2, -0.15) is 0 Å². The number of amides is 1. The molecule has 1 heterocycles.